The van der Waals surface area contributed by atoms with Gasteiger partial charge in [-0.2, -0.15) is 0 Å². The highest BCUT2D eigenvalue weighted by Crippen LogP contribution is 2.18. The minimum Gasteiger partial charge on any atom is -0.385 e. The second kappa shape index (κ2) is 6.14. The van der Waals surface area contributed by atoms with E-state index in [0.717, 1.165) is 23.6 Å². The third kappa shape index (κ3) is 3.12. The number of hydrogen-bond donors (Lipinski definition) is 2. The summed E-state index contributed by atoms with van der Waals surface area (Å²) in [5.74, 6) is -0.190. The van der Waals surface area contributed by atoms with E-state index in [1.165, 1.54) is 0 Å². The molecule has 0 fully saturated rings. The molecule has 0 aliphatic heterocycles. The molecular formula is C15H18N4O. The van der Waals surface area contributed by atoms with Gasteiger partial charge >= 0.3 is 0 Å². The molecule has 0 bridgehead atoms. The number of aryl methyl sites for hydroxylation is 2. The van der Waals surface area contributed by atoms with Gasteiger partial charge in [-0.1, -0.05) is 0 Å². The average molecular weight is 270 g/mol. The van der Waals surface area contributed by atoms with Crippen LogP contribution in [0.25, 0.3) is 0 Å². The lowest BCUT2D eigenvalue weighted by atomic mass is 10.2. The summed E-state index contributed by atoms with van der Waals surface area (Å²) < 4.78 is 0. The lowest BCUT2D eigenvalue weighted by Gasteiger charge is -2.12. The van der Waals surface area contributed by atoms with Crippen LogP contribution < -0.4 is 10.6 Å². The van der Waals surface area contributed by atoms with Gasteiger partial charge in [0.1, 0.15) is 0 Å². The van der Waals surface area contributed by atoms with Crippen molar-refractivity contribution in [3.05, 3.63) is 47.5 Å². The van der Waals surface area contributed by atoms with Gasteiger partial charge in [0.15, 0.2) is 0 Å². The van der Waals surface area contributed by atoms with Crippen molar-refractivity contribution in [2.45, 2.75) is 20.8 Å². The number of aromatic nitrogens is 2. The number of amides is 1. The summed E-state index contributed by atoms with van der Waals surface area (Å²) in [5, 5.41) is 6.05. The predicted octanol–water partition coefficient (Wildman–Crippen LogP) is 2.78. The molecule has 0 atom stereocenters. The SMILES string of the molecule is CCNc1cc(C)ncc1C(=O)Nc1cccnc1C. The predicted molar refractivity (Wildman–Crippen MR) is 80.1 cm³/mol. The standard InChI is InChI=1S/C15H18N4O/c1-4-16-14-8-10(2)18-9-12(14)15(20)19-13-6-5-7-17-11(13)3/h5-9H,4H2,1-3H3,(H,16,18)(H,19,20). The van der Waals surface area contributed by atoms with Gasteiger partial charge in [0.05, 0.1) is 22.6 Å². The summed E-state index contributed by atoms with van der Waals surface area (Å²) in [6.07, 6.45) is 3.29. The lowest BCUT2D eigenvalue weighted by Crippen LogP contribution is -2.16. The second-order valence-electron chi connectivity index (χ2n) is 4.49. The van der Waals surface area contributed by atoms with E-state index < -0.39 is 0 Å². The Labute approximate surface area is 118 Å². The highest BCUT2D eigenvalue weighted by molar-refractivity contribution is 6.08. The van der Waals surface area contributed by atoms with E-state index >= 15 is 0 Å². The first kappa shape index (κ1) is 14.0. The Morgan fingerprint density at radius 3 is 2.75 bits per heavy atom. The van der Waals surface area contributed by atoms with Crippen molar-refractivity contribution in [1.29, 1.82) is 0 Å². The number of pyridine rings is 2. The molecule has 1 amide bonds. The monoisotopic (exact) mass is 270 g/mol. The first-order valence-corrected chi connectivity index (χ1v) is 6.55. The average Bonchev–Trinajstić information content (AvgIpc) is 2.42. The Morgan fingerprint density at radius 1 is 1.25 bits per heavy atom. The van der Waals surface area contributed by atoms with E-state index in [0.29, 0.717) is 11.3 Å². The van der Waals surface area contributed by atoms with E-state index in [9.17, 15) is 4.79 Å². The maximum atomic E-state index is 12.4. The maximum Gasteiger partial charge on any atom is 0.259 e. The fraction of sp³-hybridized carbons (Fsp3) is 0.267. The van der Waals surface area contributed by atoms with Crippen molar-refractivity contribution < 1.29 is 4.79 Å². The Bertz CT molecular complexity index is 625. The third-order valence-corrected chi connectivity index (χ3v) is 2.91. The van der Waals surface area contributed by atoms with Crippen molar-refractivity contribution in [1.82, 2.24) is 9.97 Å². The molecular weight excluding hydrogens is 252 g/mol. The normalized spacial score (nSPS) is 10.2. The van der Waals surface area contributed by atoms with E-state index in [1.54, 1.807) is 18.5 Å². The zero-order chi connectivity index (χ0) is 14.5. The van der Waals surface area contributed by atoms with Gasteiger partial charge in [-0.25, -0.2) is 0 Å². The van der Waals surface area contributed by atoms with Crippen LogP contribution in [0.1, 0.15) is 28.7 Å². The van der Waals surface area contributed by atoms with Crippen LogP contribution in [0.15, 0.2) is 30.6 Å². The molecule has 0 aromatic carbocycles. The van der Waals surface area contributed by atoms with Crippen LogP contribution in [0.4, 0.5) is 11.4 Å². The summed E-state index contributed by atoms with van der Waals surface area (Å²) >= 11 is 0. The van der Waals surface area contributed by atoms with E-state index in [-0.39, 0.29) is 5.91 Å². The molecule has 2 N–H and O–H groups in total. The van der Waals surface area contributed by atoms with Crippen molar-refractivity contribution in [3.8, 4) is 0 Å². The summed E-state index contributed by atoms with van der Waals surface area (Å²) in [6, 6.07) is 5.49. The Hall–Kier alpha value is -2.43. The van der Waals surface area contributed by atoms with Gasteiger partial charge in [0.25, 0.3) is 5.91 Å². The number of rotatable bonds is 4. The first-order valence-electron chi connectivity index (χ1n) is 6.55. The Morgan fingerprint density at radius 2 is 2.05 bits per heavy atom. The molecule has 2 rings (SSSR count). The van der Waals surface area contributed by atoms with Gasteiger partial charge in [-0.05, 0) is 39.0 Å². The number of carbonyl (C=O) groups excluding carboxylic acids is 1. The van der Waals surface area contributed by atoms with Crippen LogP contribution in [0.2, 0.25) is 0 Å². The van der Waals surface area contributed by atoms with Crippen molar-refractivity contribution in [3.63, 3.8) is 0 Å². The highest BCUT2D eigenvalue weighted by atomic mass is 16.1. The van der Waals surface area contributed by atoms with E-state index in [2.05, 4.69) is 20.6 Å². The minimum atomic E-state index is -0.190. The van der Waals surface area contributed by atoms with Crippen molar-refractivity contribution in [2.75, 3.05) is 17.2 Å². The quantitative estimate of drug-likeness (QED) is 0.896. The smallest absolute Gasteiger partial charge is 0.259 e. The second-order valence-corrected chi connectivity index (χ2v) is 4.49. The van der Waals surface area contributed by atoms with E-state index in [1.807, 2.05) is 32.9 Å². The molecule has 104 valence electrons. The van der Waals surface area contributed by atoms with Crippen molar-refractivity contribution in [2.24, 2.45) is 0 Å². The van der Waals surface area contributed by atoms with E-state index in [4.69, 9.17) is 0 Å². The molecule has 0 radical (unpaired) electrons. The Balaban J connectivity index is 2.27. The molecule has 0 saturated heterocycles. The van der Waals surface area contributed by atoms with Crippen LogP contribution in [0.3, 0.4) is 0 Å². The molecule has 2 aromatic heterocycles. The van der Waals surface area contributed by atoms with Gasteiger partial charge < -0.3 is 10.6 Å². The highest BCUT2D eigenvalue weighted by Gasteiger charge is 2.13. The molecule has 20 heavy (non-hydrogen) atoms. The molecule has 5 heteroatoms. The van der Waals surface area contributed by atoms with Crippen LogP contribution in [-0.2, 0) is 0 Å². The molecule has 0 aliphatic rings. The molecule has 2 heterocycles. The zero-order valence-electron chi connectivity index (χ0n) is 11.9. The van der Waals surface area contributed by atoms with Gasteiger partial charge in [-0.3, -0.25) is 14.8 Å². The molecule has 2 aromatic rings. The topological polar surface area (TPSA) is 66.9 Å². The summed E-state index contributed by atoms with van der Waals surface area (Å²) in [6.45, 7) is 6.49. The zero-order valence-corrected chi connectivity index (χ0v) is 11.9. The maximum absolute atomic E-state index is 12.4. The minimum absolute atomic E-state index is 0.190. The van der Waals surface area contributed by atoms with Gasteiger partial charge in [0.2, 0.25) is 0 Å². The third-order valence-electron chi connectivity index (χ3n) is 2.91. The largest absolute Gasteiger partial charge is 0.385 e. The van der Waals surface area contributed by atoms with Crippen LogP contribution >= 0.6 is 0 Å². The number of carbonyl (C=O) groups is 1. The number of hydrogen-bond acceptors (Lipinski definition) is 4. The molecule has 0 aliphatic carbocycles. The molecule has 5 nitrogen and oxygen atoms in total. The fourth-order valence-corrected chi connectivity index (χ4v) is 1.88. The van der Waals surface area contributed by atoms with Crippen LogP contribution in [0, 0.1) is 13.8 Å². The molecule has 0 saturated carbocycles. The van der Waals surface area contributed by atoms with Crippen LogP contribution in [-0.4, -0.2) is 22.4 Å². The van der Waals surface area contributed by atoms with Crippen LogP contribution in [0.5, 0.6) is 0 Å². The summed E-state index contributed by atoms with van der Waals surface area (Å²) in [4.78, 5) is 20.7. The van der Waals surface area contributed by atoms with Gasteiger partial charge in [-0.15, -0.1) is 0 Å². The number of anilines is 2. The van der Waals surface area contributed by atoms with Gasteiger partial charge in [0, 0.05) is 24.6 Å². The number of nitrogens with zero attached hydrogens (tertiary/aromatic N) is 2. The molecule has 0 unspecified atom stereocenters. The van der Waals surface area contributed by atoms with Crippen molar-refractivity contribution >= 4 is 17.3 Å². The summed E-state index contributed by atoms with van der Waals surface area (Å²) in [5.41, 5.74) is 3.68. The summed E-state index contributed by atoms with van der Waals surface area (Å²) in [7, 11) is 0. The fourth-order valence-electron chi connectivity index (χ4n) is 1.88. The number of nitrogens with one attached hydrogen (secondary N) is 2. The lowest BCUT2D eigenvalue weighted by molar-refractivity contribution is 0.102. The molecule has 0 spiro atoms. The first-order chi connectivity index (χ1) is 9.61. The Kier molecular flexibility index (Phi) is 4.30.